The molecular formula is C18H15NO2. The lowest BCUT2D eigenvalue weighted by Gasteiger charge is -2.07. The lowest BCUT2D eigenvalue weighted by molar-refractivity contribution is 0.101. The summed E-state index contributed by atoms with van der Waals surface area (Å²) >= 11 is 0. The summed E-state index contributed by atoms with van der Waals surface area (Å²) in [5, 5.41) is 1.10. The van der Waals surface area contributed by atoms with E-state index in [9.17, 15) is 4.79 Å². The maximum atomic E-state index is 11.2. The number of hydrogen-bond donors (Lipinski definition) is 0. The number of pyridine rings is 1. The molecule has 0 unspecified atom stereocenters. The Morgan fingerprint density at radius 2 is 1.90 bits per heavy atom. The van der Waals surface area contributed by atoms with Gasteiger partial charge >= 0.3 is 0 Å². The molecule has 1 aromatic heterocycles. The third kappa shape index (κ3) is 3.08. The second-order valence-corrected chi connectivity index (χ2v) is 4.90. The highest BCUT2D eigenvalue weighted by Crippen LogP contribution is 2.17. The Balaban J connectivity index is 1.72. The Kier molecular flexibility index (Phi) is 3.65. The van der Waals surface area contributed by atoms with Crippen LogP contribution in [0.3, 0.4) is 0 Å². The molecule has 0 atom stereocenters. The Hall–Kier alpha value is -2.68. The van der Waals surface area contributed by atoms with Crippen LogP contribution in [0.1, 0.15) is 22.8 Å². The van der Waals surface area contributed by atoms with Crippen LogP contribution in [-0.2, 0) is 6.61 Å². The number of nitrogens with zero attached hydrogens (tertiary/aromatic N) is 1. The van der Waals surface area contributed by atoms with Crippen molar-refractivity contribution in [2.45, 2.75) is 13.5 Å². The topological polar surface area (TPSA) is 39.2 Å². The number of ether oxygens (including phenoxy) is 1. The van der Waals surface area contributed by atoms with Gasteiger partial charge in [0.15, 0.2) is 5.78 Å². The number of fused-ring (bicyclic) bond motifs is 1. The number of hydrogen-bond acceptors (Lipinski definition) is 3. The van der Waals surface area contributed by atoms with Gasteiger partial charge in [-0.25, -0.2) is 0 Å². The van der Waals surface area contributed by atoms with E-state index < -0.39 is 0 Å². The van der Waals surface area contributed by atoms with Crippen molar-refractivity contribution < 1.29 is 9.53 Å². The van der Waals surface area contributed by atoms with Crippen LogP contribution in [0.2, 0.25) is 0 Å². The molecular weight excluding hydrogens is 262 g/mol. The zero-order valence-electron chi connectivity index (χ0n) is 11.7. The number of Topliss-reactive ketones (excluding diaryl/α,β-unsaturated/α-hetero) is 1. The van der Waals surface area contributed by atoms with E-state index in [4.69, 9.17) is 4.74 Å². The Bertz CT molecular complexity index is 779. The van der Waals surface area contributed by atoms with Gasteiger partial charge in [-0.3, -0.25) is 9.78 Å². The SMILES string of the molecule is CC(=O)c1ccc(OCc2ccc3ncccc3c2)cc1. The van der Waals surface area contributed by atoms with Crippen LogP contribution in [0.4, 0.5) is 0 Å². The summed E-state index contributed by atoms with van der Waals surface area (Å²) in [4.78, 5) is 15.5. The number of benzene rings is 2. The van der Waals surface area contributed by atoms with Crippen LogP contribution < -0.4 is 4.74 Å². The molecule has 2 aromatic carbocycles. The zero-order chi connectivity index (χ0) is 14.7. The summed E-state index contributed by atoms with van der Waals surface area (Å²) in [5.41, 5.74) is 2.76. The first-order valence-corrected chi connectivity index (χ1v) is 6.80. The number of carbonyl (C=O) groups excluding carboxylic acids is 1. The summed E-state index contributed by atoms with van der Waals surface area (Å²) in [7, 11) is 0. The molecule has 0 aliphatic heterocycles. The van der Waals surface area contributed by atoms with E-state index in [1.165, 1.54) is 0 Å². The van der Waals surface area contributed by atoms with Crippen molar-refractivity contribution in [2.75, 3.05) is 0 Å². The van der Waals surface area contributed by atoms with Gasteiger partial charge in [0.25, 0.3) is 0 Å². The first kappa shape index (κ1) is 13.3. The minimum absolute atomic E-state index is 0.0589. The van der Waals surface area contributed by atoms with E-state index in [1.54, 1.807) is 25.3 Å². The Labute approximate surface area is 123 Å². The van der Waals surface area contributed by atoms with Gasteiger partial charge in [0.2, 0.25) is 0 Å². The van der Waals surface area contributed by atoms with E-state index in [-0.39, 0.29) is 5.78 Å². The van der Waals surface area contributed by atoms with Gasteiger partial charge in [-0.2, -0.15) is 0 Å². The van der Waals surface area contributed by atoms with Gasteiger partial charge in [0.1, 0.15) is 12.4 Å². The minimum atomic E-state index is 0.0589. The van der Waals surface area contributed by atoms with Crippen molar-refractivity contribution in [3.05, 3.63) is 71.9 Å². The van der Waals surface area contributed by atoms with Crippen molar-refractivity contribution in [1.29, 1.82) is 0 Å². The molecule has 3 nitrogen and oxygen atoms in total. The maximum absolute atomic E-state index is 11.2. The molecule has 3 rings (SSSR count). The van der Waals surface area contributed by atoms with Crippen molar-refractivity contribution in [2.24, 2.45) is 0 Å². The average Bonchev–Trinajstić information content (AvgIpc) is 2.53. The van der Waals surface area contributed by atoms with Gasteiger partial charge in [0.05, 0.1) is 5.52 Å². The predicted octanol–water partition coefficient (Wildman–Crippen LogP) is 4.02. The molecule has 3 aromatic rings. The van der Waals surface area contributed by atoms with Crippen LogP contribution in [0.15, 0.2) is 60.8 Å². The normalized spacial score (nSPS) is 10.5. The summed E-state index contributed by atoms with van der Waals surface area (Å²) in [5.74, 6) is 0.815. The highest BCUT2D eigenvalue weighted by Gasteiger charge is 2.01. The van der Waals surface area contributed by atoms with E-state index in [1.807, 2.05) is 36.4 Å². The zero-order valence-corrected chi connectivity index (χ0v) is 11.7. The second kappa shape index (κ2) is 5.75. The molecule has 0 spiro atoms. The standard InChI is InChI=1S/C18H15NO2/c1-13(20)15-5-7-17(8-6-15)21-12-14-4-9-18-16(11-14)3-2-10-19-18/h2-11H,12H2,1H3. The molecule has 0 saturated carbocycles. The third-order valence-corrected chi connectivity index (χ3v) is 3.33. The first-order chi connectivity index (χ1) is 10.2. The highest BCUT2D eigenvalue weighted by molar-refractivity contribution is 5.94. The fourth-order valence-corrected chi connectivity index (χ4v) is 2.17. The van der Waals surface area contributed by atoms with E-state index >= 15 is 0 Å². The second-order valence-electron chi connectivity index (χ2n) is 4.90. The van der Waals surface area contributed by atoms with Crippen molar-refractivity contribution in [3.63, 3.8) is 0 Å². The smallest absolute Gasteiger partial charge is 0.159 e. The first-order valence-electron chi connectivity index (χ1n) is 6.80. The summed E-state index contributed by atoms with van der Waals surface area (Å²) in [6, 6.07) is 17.2. The number of carbonyl (C=O) groups is 1. The van der Waals surface area contributed by atoms with Gasteiger partial charge in [0, 0.05) is 17.1 Å². The van der Waals surface area contributed by atoms with Crippen LogP contribution >= 0.6 is 0 Å². The van der Waals surface area contributed by atoms with Crippen LogP contribution in [0, 0.1) is 0 Å². The van der Waals surface area contributed by atoms with E-state index in [0.29, 0.717) is 12.2 Å². The Morgan fingerprint density at radius 3 is 2.67 bits per heavy atom. The molecule has 1 heterocycles. The molecule has 0 N–H and O–H groups in total. The molecule has 3 heteroatoms. The monoisotopic (exact) mass is 277 g/mol. The number of rotatable bonds is 4. The molecule has 21 heavy (non-hydrogen) atoms. The number of aromatic nitrogens is 1. The van der Waals surface area contributed by atoms with E-state index in [2.05, 4.69) is 11.1 Å². The Morgan fingerprint density at radius 1 is 1.10 bits per heavy atom. The van der Waals surface area contributed by atoms with Crippen LogP contribution in [0.5, 0.6) is 5.75 Å². The molecule has 104 valence electrons. The van der Waals surface area contributed by atoms with Gasteiger partial charge in [-0.15, -0.1) is 0 Å². The molecule has 0 aliphatic carbocycles. The highest BCUT2D eigenvalue weighted by atomic mass is 16.5. The van der Waals surface area contributed by atoms with Gasteiger partial charge < -0.3 is 4.74 Å². The molecule has 0 aliphatic rings. The summed E-state index contributed by atoms with van der Waals surface area (Å²) < 4.78 is 5.74. The fourth-order valence-electron chi connectivity index (χ4n) is 2.17. The minimum Gasteiger partial charge on any atom is -0.489 e. The lowest BCUT2D eigenvalue weighted by Crippen LogP contribution is -1.97. The molecule has 0 bridgehead atoms. The quantitative estimate of drug-likeness (QED) is 0.676. The van der Waals surface area contributed by atoms with Crippen molar-refractivity contribution in [1.82, 2.24) is 4.98 Å². The van der Waals surface area contributed by atoms with Crippen LogP contribution in [-0.4, -0.2) is 10.8 Å². The molecule has 0 radical (unpaired) electrons. The van der Waals surface area contributed by atoms with Crippen molar-refractivity contribution in [3.8, 4) is 5.75 Å². The van der Waals surface area contributed by atoms with Gasteiger partial charge in [-0.1, -0.05) is 12.1 Å². The molecule has 0 amide bonds. The van der Waals surface area contributed by atoms with Crippen LogP contribution in [0.25, 0.3) is 10.9 Å². The predicted molar refractivity (Wildman–Crippen MR) is 82.5 cm³/mol. The molecule has 0 saturated heterocycles. The third-order valence-electron chi connectivity index (χ3n) is 3.33. The van der Waals surface area contributed by atoms with E-state index in [0.717, 1.165) is 22.2 Å². The average molecular weight is 277 g/mol. The largest absolute Gasteiger partial charge is 0.489 e. The van der Waals surface area contributed by atoms with Crippen molar-refractivity contribution >= 4 is 16.7 Å². The van der Waals surface area contributed by atoms with Gasteiger partial charge in [-0.05, 0) is 55.0 Å². The fraction of sp³-hybridized carbons (Fsp3) is 0.111. The summed E-state index contributed by atoms with van der Waals surface area (Å²) in [6.07, 6.45) is 1.79. The molecule has 0 fully saturated rings. The number of ketones is 1. The maximum Gasteiger partial charge on any atom is 0.159 e. The lowest BCUT2D eigenvalue weighted by atomic mass is 10.1. The summed E-state index contributed by atoms with van der Waals surface area (Å²) in [6.45, 7) is 2.04.